The van der Waals surface area contributed by atoms with Crippen molar-refractivity contribution >= 4 is 29.3 Å². The molecule has 144 valence electrons. The number of halogens is 2. The molecule has 1 amide bonds. The van der Waals surface area contributed by atoms with Crippen LogP contribution in [0.15, 0.2) is 53.4 Å². The summed E-state index contributed by atoms with van der Waals surface area (Å²) < 4.78 is 35.0. The van der Waals surface area contributed by atoms with Crippen LogP contribution in [0.25, 0.3) is 0 Å². The number of rotatable bonds is 8. The first-order chi connectivity index (χ1) is 12.8. The van der Waals surface area contributed by atoms with E-state index in [1.54, 1.807) is 24.3 Å². The number of esters is 1. The number of nitrogens with one attached hydrogen (secondary N) is 1. The van der Waals surface area contributed by atoms with E-state index in [1.807, 2.05) is 13.8 Å². The monoisotopic (exact) mass is 395 g/mol. The quantitative estimate of drug-likeness (QED) is 0.523. The first-order valence-corrected chi connectivity index (χ1v) is 9.00. The van der Waals surface area contributed by atoms with Crippen molar-refractivity contribution in [2.24, 2.45) is 0 Å². The molecule has 0 fully saturated rings. The molecule has 5 nitrogen and oxygen atoms in total. The number of carbonyl (C=O) groups excluding carboxylic acids is 2. The maximum atomic E-state index is 12.3. The van der Waals surface area contributed by atoms with Gasteiger partial charge in [-0.1, -0.05) is 11.8 Å². The van der Waals surface area contributed by atoms with E-state index in [4.69, 9.17) is 9.47 Å². The fourth-order valence-electron chi connectivity index (χ4n) is 2.07. The molecule has 0 aliphatic carbocycles. The largest absolute Gasteiger partial charge is 0.491 e. The molecule has 0 aliphatic heterocycles. The van der Waals surface area contributed by atoms with Gasteiger partial charge in [-0.3, -0.25) is 4.79 Å². The maximum Gasteiger partial charge on any atom is 0.338 e. The Morgan fingerprint density at radius 1 is 1.04 bits per heavy atom. The van der Waals surface area contributed by atoms with Crippen LogP contribution in [0.2, 0.25) is 0 Å². The van der Waals surface area contributed by atoms with Crippen molar-refractivity contribution in [1.29, 1.82) is 0 Å². The molecule has 0 radical (unpaired) electrons. The summed E-state index contributed by atoms with van der Waals surface area (Å²) in [5.41, 5.74) is 0.720. The lowest BCUT2D eigenvalue weighted by atomic mass is 10.2. The number of ether oxygens (including phenoxy) is 2. The molecule has 8 heteroatoms. The van der Waals surface area contributed by atoms with E-state index in [0.29, 0.717) is 33.7 Å². The number of thioether (sulfide) groups is 1. The Kier molecular flexibility index (Phi) is 7.60. The summed E-state index contributed by atoms with van der Waals surface area (Å²) in [5, 5.41) is 2.53. The van der Waals surface area contributed by atoms with Crippen molar-refractivity contribution in [2.75, 3.05) is 11.9 Å². The predicted octanol–water partition coefficient (Wildman–Crippen LogP) is 4.58. The smallest absolute Gasteiger partial charge is 0.338 e. The van der Waals surface area contributed by atoms with Gasteiger partial charge in [0.15, 0.2) is 6.61 Å². The summed E-state index contributed by atoms with van der Waals surface area (Å²) in [6.07, 6.45) is 0.0227. The van der Waals surface area contributed by atoms with E-state index in [1.165, 1.54) is 24.3 Å². The molecule has 1 N–H and O–H groups in total. The van der Waals surface area contributed by atoms with E-state index in [-0.39, 0.29) is 6.10 Å². The molecule has 0 saturated heterocycles. The lowest BCUT2D eigenvalue weighted by Crippen LogP contribution is -2.20. The summed E-state index contributed by atoms with van der Waals surface area (Å²) in [6.45, 7) is 3.33. The molecule has 0 spiro atoms. The van der Waals surface area contributed by atoms with Crippen molar-refractivity contribution in [3.63, 3.8) is 0 Å². The molecule has 0 aromatic heterocycles. The fraction of sp³-hybridized carbons (Fsp3) is 0.263. The second-order valence-electron chi connectivity index (χ2n) is 5.72. The molecular weight excluding hydrogens is 376 g/mol. The summed E-state index contributed by atoms with van der Waals surface area (Å²) in [6, 6.07) is 12.3. The number of anilines is 1. The summed E-state index contributed by atoms with van der Waals surface area (Å²) in [7, 11) is 0. The first-order valence-electron chi connectivity index (χ1n) is 8.12. The zero-order chi connectivity index (χ0) is 19.8. The summed E-state index contributed by atoms with van der Waals surface area (Å²) in [4.78, 5) is 24.2. The SMILES string of the molecule is CC(C)Oc1ccc(C(=O)OCC(=O)Nc2ccc(SC(F)F)cc2)cc1. The highest BCUT2D eigenvalue weighted by atomic mass is 32.2. The van der Waals surface area contributed by atoms with Crippen LogP contribution >= 0.6 is 11.8 Å². The van der Waals surface area contributed by atoms with Gasteiger partial charge in [0.05, 0.1) is 11.7 Å². The lowest BCUT2D eigenvalue weighted by Gasteiger charge is -2.10. The highest BCUT2D eigenvalue weighted by molar-refractivity contribution is 7.99. The van der Waals surface area contributed by atoms with Crippen molar-refractivity contribution in [1.82, 2.24) is 0 Å². The van der Waals surface area contributed by atoms with Gasteiger partial charge in [0, 0.05) is 10.6 Å². The van der Waals surface area contributed by atoms with Gasteiger partial charge in [0.2, 0.25) is 0 Å². The van der Waals surface area contributed by atoms with E-state index in [9.17, 15) is 18.4 Å². The molecule has 27 heavy (non-hydrogen) atoms. The standard InChI is InChI=1S/C19H19F2NO4S/c1-12(2)26-15-7-3-13(4-8-15)18(24)25-11-17(23)22-14-5-9-16(10-6-14)27-19(20)21/h3-10,12,19H,11H2,1-2H3,(H,22,23). The summed E-state index contributed by atoms with van der Waals surface area (Å²) in [5.74, 6) is -3.04. The van der Waals surface area contributed by atoms with Crippen LogP contribution in [0.4, 0.5) is 14.5 Å². The number of hydrogen-bond acceptors (Lipinski definition) is 5. The Morgan fingerprint density at radius 2 is 1.67 bits per heavy atom. The normalized spacial score (nSPS) is 10.7. The summed E-state index contributed by atoms with van der Waals surface area (Å²) >= 11 is 0.418. The predicted molar refractivity (Wildman–Crippen MR) is 99.4 cm³/mol. The zero-order valence-corrected chi connectivity index (χ0v) is 15.6. The number of alkyl halides is 2. The van der Waals surface area contributed by atoms with E-state index >= 15 is 0 Å². The third-order valence-electron chi connectivity index (χ3n) is 3.16. The van der Waals surface area contributed by atoms with Gasteiger partial charge in [0.25, 0.3) is 11.7 Å². The molecule has 2 rings (SSSR count). The van der Waals surface area contributed by atoms with Gasteiger partial charge in [-0.25, -0.2) is 4.79 Å². The van der Waals surface area contributed by atoms with Crippen molar-refractivity contribution in [3.8, 4) is 5.75 Å². The molecule has 0 saturated carbocycles. The Labute approximate surface area is 160 Å². The third kappa shape index (κ3) is 7.26. The lowest BCUT2D eigenvalue weighted by molar-refractivity contribution is -0.119. The van der Waals surface area contributed by atoms with Crippen LogP contribution in [0.5, 0.6) is 5.75 Å². The fourth-order valence-corrected chi connectivity index (χ4v) is 2.57. The average molecular weight is 395 g/mol. The highest BCUT2D eigenvalue weighted by Gasteiger charge is 2.11. The number of carbonyl (C=O) groups is 2. The molecule has 2 aromatic carbocycles. The molecule has 2 aromatic rings. The maximum absolute atomic E-state index is 12.3. The minimum Gasteiger partial charge on any atom is -0.491 e. The molecule has 0 heterocycles. The van der Waals surface area contributed by atoms with Crippen LogP contribution in [0, 0.1) is 0 Å². The first kappa shape index (κ1) is 20.7. The van der Waals surface area contributed by atoms with Gasteiger partial charge in [-0.05, 0) is 62.4 Å². The van der Waals surface area contributed by atoms with Crippen LogP contribution in [0.3, 0.4) is 0 Å². The van der Waals surface area contributed by atoms with E-state index < -0.39 is 24.2 Å². The molecular formula is C19H19F2NO4S. The second-order valence-corrected chi connectivity index (χ2v) is 6.78. The molecule has 0 unspecified atom stereocenters. The zero-order valence-electron chi connectivity index (χ0n) is 14.8. The van der Waals surface area contributed by atoms with Crippen LogP contribution in [0.1, 0.15) is 24.2 Å². The van der Waals surface area contributed by atoms with Crippen LogP contribution < -0.4 is 10.1 Å². The minimum absolute atomic E-state index is 0.0227. The van der Waals surface area contributed by atoms with Crippen molar-refractivity contribution in [3.05, 3.63) is 54.1 Å². The number of hydrogen-bond donors (Lipinski definition) is 1. The van der Waals surface area contributed by atoms with Gasteiger partial charge in [-0.15, -0.1) is 0 Å². The van der Waals surface area contributed by atoms with Gasteiger partial charge >= 0.3 is 5.97 Å². The van der Waals surface area contributed by atoms with Crippen LogP contribution in [-0.2, 0) is 9.53 Å². The van der Waals surface area contributed by atoms with Crippen molar-refractivity contribution in [2.45, 2.75) is 30.6 Å². The molecule has 0 aliphatic rings. The molecule has 0 atom stereocenters. The number of benzene rings is 2. The van der Waals surface area contributed by atoms with Gasteiger partial charge in [-0.2, -0.15) is 8.78 Å². The van der Waals surface area contributed by atoms with Gasteiger partial charge in [0.1, 0.15) is 5.75 Å². The Hall–Kier alpha value is -2.61. The van der Waals surface area contributed by atoms with Gasteiger partial charge < -0.3 is 14.8 Å². The van der Waals surface area contributed by atoms with E-state index in [2.05, 4.69) is 5.32 Å². The minimum atomic E-state index is -2.50. The Balaban J connectivity index is 1.81. The number of amides is 1. The topological polar surface area (TPSA) is 64.6 Å². The third-order valence-corrected chi connectivity index (χ3v) is 3.88. The molecule has 0 bridgehead atoms. The van der Waals surface area contributed by atoms with E-state index in [0.717, 1.165) is 0 Å². The van der Waals surface area contributed by atoms with Crippen molar-refractivity contribution < 1.29 is 27.8 Å². The second kappa shape index (κ2) is 9.91. The average Bonchev–Trinajstić information content (AvgIpc) is 2.61. The Morgan fingerprint density at radius 3 is 2.22 bits per heavy atom. The Bertz CT molecular complexity index is 764. The highest BCUT2D eigenvalue weighted by Crippen LogP contribution is 2.26. The van der Waals surface area contributed by atoms with Crippen LogP contribution in [-0.4, -0.2) is 30.3 Å².